The lowest BCUT2D eigenvalue weighted by molar-refractivity contribution is -0.147. The number of carboxylic acid groups (broad SMARTS) is 1. The van der Waals surface area contributed by atoms with E-state index in [0.717, 1.165) is 5.75 Å². The zero-order chi connectivity index (χ0) is 13.5. The van der Waals surface area contributed by atoms with Gasteiger partial charge in [0.2, 0.25) is 5.91 Å². The SMILES string of the molecule is O=C(CCN1CCSC1=O)NCC[C@H](O)C(=O)O. The highest BCUT2D eigenvalue weighted by atomic mass is 32.2. The number of thioether (sulfide) groups is 1. The maximum absolute atomic E-state index is 11.4. The minimum Gasteiger partial charge on any atom is -0.479 e. The van der Waals surface area contributed by atoms with Crippen LogP contribution in [0.15, 0.2) is 0 Å². The Morgan fingerprint density at radius 3 is 2.78 bits per heavy atom. The lowest BCUT2D eigenvalue weighted by Gasteiger charge is -2.14. The molecule has 1 rings (SSSR count). The Morgan fingerprint density at radius 1 is 1.50 bits per heavy atom. The highest BCUT2D eigenvalue weighted by Gasteiger charge is 2.21. The lowest BCUT2D eigenvalue weighted by Crippen LogP contribution is -2.33. The van der Waals surface area contributed by atoms with Crippen LogP contribution in [-0.2, 0) is 9.59 Å². The van der Waals surface area contributed by atoms with Gasteiger partial charge in [0.25, 0.3) is 5.24 Å². The van der Waals surface area contributed by atoms with Gasteiger partial charge in [0.1, 0.15) is 0 Å². The largest absolute Gasteiger partial charge is 0.479 e. The summed E-state index contributed by atoms with van der Waals surface area (Å²) in [6.07, 6.45) is -1.29. The minimum absolute atomic E-state index is 0.0101. The summed E-state index contributed by atoms with van der Waals surface area (Å²) in [5.74, 6) is -0.799. The Kier molecular flexibility index (Phi) is 5.93. The normalized spacial score (nSPS) is 16.7. The van der Waals surface area contributed by atoms with Crippen molar-refractivity contribution in [2.24, 2.45) is 0 Å². The summed E-state index contributed by atoms with van der Waals surface area (Å²) in [6.45, 7) is 1.14. The van der Waals surface area contributed by atoms with E-state index in [4.69, 9.17) is 10.2 Å². The van der Waals surface area contributed by atoms with E-state index < -0.39 is 12.1 Å². The molecule has 102 valence electrons. The monoisotopic (exact) mass is 276 g/mol. The molecular weight excluding hydrogens is 260 g/mol. The van der Waals surface area contributed by atoms with E-state index in [0.29, 0.717) is 13.1 Å². The zero-order valence-electron chi connectivity index (χ0n) is 9.79. The van der Waals surface area contributed by atoms with E-state index in [1.54, 1.807) is 4.90 Å². The summed E-state index contributed by atoms with van der Waals surface area (Å²) in [5, 5.41) is 19.9. The van der Waals surface area contributed by atoms with Crippen LogP contribution in [0.4, 0.5) is 4.79 Å². The fourth-order valence-electron chi connectivity index (χ4n) is 1.43. The van der Waals surface area contributed by atoms with Gasteiger partial charge < -0.3 is 20.4 Å². The van der Waals surface area contributed by atoms with Gasteiger partial charge in [0.05, 0.1) is 0 Å². The molecule has 1 aliphatic rings. The molecule has 0 aromatic carbocycles. The van der Waals surface area contributed by atoms with Gasteiger partial charge in [-0.05, 0) is 0 Å². The molecule has 1 atom stereocenters. The van der Waals surface area contributed by atoms with Crippen molar-refractivity contribution in [3.8, 4) is 0 Å². The summed E-state index contributed by atoms with van der Waals surface area (Å²) in [4.78, 5) is 34.5. The molecule has 1 saturated heterocycles. The quantitative estimate of drug-likeness (QED) is 0.578. The highest BCUT2D eigenvalue weighted by molar-refractivity contribution is 8.13. The van der Waals surface area contributed by atoms with Crippen LogP contribution in [0.5, 0.6) is 0 Å². The summed E-state index contributed by atoms with van der Waals surface area (Å²) >= 11 is 1.24. The van der Waals surface area contributed by atoms with Crippen molar-refractivity contribution in [3.05, 3.63) is 0 Å². The van der Waals surface area contributed by atoms with Crippen molar-refractivity contribution in [1.82, 2.24) is 10.2 Å². The molecule has 1 heterocycles. The second-order valence-electron chi connectivity index (χ2n) is 3.84. The van der Waals surface area contributed by atoms with Crippen LogP contribution < -0.4 is 5.32 Å². The van der Waals surface area contributed by atoms with Gasteiger partial charge in [-0.25, -0.2) is 4.79 Å². The predicted octanol–water partition coefficient (Wildman–Crippen LogP) is -0.503. The van der Waals surface area contributed by atoms with Crippen LogP contribution in [-0.4, -0.2) is 63.7 Å². The van der Waals surface area contributed by atoms with Crippen molar-refractivity contribution in [1.29, 1.82) is 0 Å². The molecule has 0 aromatic heterocycles. The van der Waals surface area contributed by atoms with Crippen LogP contribution in [0.1, 0.15) is 12.8 Å². The van der Waals surface area contributed by atoms with E-state index in [2.05, 4.69) is 5.32 Å². The van der Waals surface area contributed by atoms with Gasteiger partial charge in [-0.15, -0.1) is 0 Å². The van der Waals surface area contributed by atoms with Gasteiger partial charge >= 0.3 is 5.97 Å². The summed E-state index contributed by atoms with van der Waals surface area (Å²) in [7, 11) is 0. The Morgan fingerprint density at radius 2 is 2.22 bits per heavy atom. The molecule has 0 saturated carbocycles. The Bertz CT molecular complexity index is 336. The highest BCUT2D eigenvalue weighted by Crippen LogP contribution is 2.16. The average molecular weight is 276 g/mol. The van der Waals surface area contributed by atoms with E-state index in [-0.39, 0.29) is 30.5 Å². The van der Waals surface area contributed by atoms with Gasteiger partial charge in [-0.3, -0.25) is 9.59 Å². The standard InChI is InChI=1S/C10H16N2O5S/c13-7(9(15)16)1-3-11-8(14)2-4-12-5-6-18-10(12)17/h7,13H,1-6H2,(H,11,14)(H,15,16)/t7-/m0/s1. The third kappa shape index (κ3) is 4.92. The van der Waals surface area contributed by atoms with Crippen molar-refractivity contribution in [2.45, 2.75) is 18.9 Å². The average Bonchev–Trinajstić information content (AvgIpc) is 2.72. The van der Waals surface area contributed by atoms with Crippen LogP contribution in [0.2, 0.25) is 0 Å². The fraction of sp³-hybridized carbons (Fsp3) is 0.700. The van der Waals surface area contributed by atoms with Crippen LogP contribution in [0, 0.1) is 0 Å². The number of aliphatic hydroxyl groups is 1. The van der Waals surface area contributed by atoms with E-state index >= 15 is 0 Å². The molecule has 7 nitrogen and oxygen atoms in total. The second-order valence-corrected chi connectivity index (χ2v) is 4.89. The third-order valence-electron chi connectivity index (χ3n) is 2.48. The van der Waals surface area contributed by atoms with E-state index in [1.807, 2.05) is 0 Å². The Labute approximate surface area is 109 Å². The first kappa shape index (κ1) is 14.8. The topological polar surface area (TPSA) is 107 Å². The molecule has 2 amide bonds. The molecule has 1 aliphatic heterocycles. The summed E-state index contributed by atoms with van der Waals surface area (Å²) in [6, 6.07) is 0. The Hall–Kier alpha value is -1.28. The van der Waals surface area contributed by atoms with Crippen molar-refractivity contribution in [2.75, 3.05) is 25.4 Å². The molecule has 3 N–H and O–H groups in total. The molecule has 0 aromatic rings. The zero-order valence-corrected chi connectivity index (χ0v) is 10.6. The second kappa shape index (κ2) is 7.22. The number of rotatable bonds is 7. The maximum Gasteiger partial charge on any atom is 0.332 e. The number of aliphatic carboxylic acids is 1. The smallest absolute Gasteiger partial charge is 0.332 e. The van der Waals surface area contributed by atoms with Gasteiger partial charge in [0.15, 0.2) is 6.10 Å². The number of hydrogen-bond donors (Lipinski definition) is 3. The number of nitrogens with zero attached hydrogens (tertiary/aromatic N) is 1. The minimum atomic E-state index is -1.46. The van der Waals surface area contributed by atoms with Crippen LogP contribution in [0.3, 0.4) is 0 Å². The van der Waals surface area contributed by atoms with Crippen molar-refractivity contribution < 1.29 is 24.6 Å². The van der Waals surface area contributed by atoms with Gasteiger partial charge in [-0.2, -0.15) is 0 Å². The molecule has 0 spiro atoms. The fourth-order valence-corrected chi connectivity index (χ4v) is 2.28. The van der Waals surface area contributed by atoms with Crippen molar-refractivity contribution in [3.63, 3.8) is 0 Å². The molecule has 0 unspecified atom stereocenters. The summed E-state index contributed by atoms with van der Waals surface area (Å²) in [5.41, 5.74) is 0. The predicted molar refractivity (Wildman–Crippen MR) is 65.3 cm³/mol. The first-order valence-electron chi connectivity index (χ1n) is 5.60. The number of hydrogen-bond acceptors (Lipinski definition) is 5. The molecule has 8 heteroatoms. The molecule has 0 bridgehead atoms. The lowest BCUT2D eigenvalue weighted by atomic mass is 10.2. The van der Waals surface area contributed by atoms with Crippen molar-refractivity contribution >= 4 is 28.9 Å². The van der Waals surface area contributed by atoms with Crippen LogP contribution in [0.25, 0.3) is 0 Å². The Balaban J connectivity index is 2.10. The number of aliphatic hydroxyl groups excluding tert-OH is 1. The van der Waals surface area contributed by atoms with Crippen LogP contribution >= 0.6 is 11.8 Å². The molecule has 0 aliphatic carbocycles. The number of amides is 2. The number of nitrogens with one attached hydrogen (secondary N) is 1. The molecule has 1 fully saturated rings. The molecular formula is C10H16N2O5S. The molecule has 18 heavy (non-hydrogen) atoms. The van der Waals surface area contributed by atoms with E-state index in [1.165, 1.54) is 11.8 Å². The number of carboxylic acids is 1. The maximum atomic E-state index is 11.4. The van der Waals surface area contributed by atoms with E-state index in [9.17, 15) is 14.4 Å². The third-order valence-corrected chi connectivity index (χ3v) is 3.37. The van der Waals surface area contributed by atoms with Gasteiger partial charge in [0, 0.05) is 38.2 Å². The number of carbonyl (C=O) groups is 3. The summed E-state index contributed by atoms with van der Waals surface area (Å²) < 4.78 is 0. The molecule has 0 radical (unpaired) electrons. The first-order valence-corrected chi connectivity index (χ1v) is 6.58. The number of carbonyl (C=O) groups excluding carboxylic acids is 2. The first-order chi connectivity index (χ1) is 8.50. The van der Waals surface area contributed by atoms with Gasteiger partial charge in [-0.1, -0.05) is 11.8 Å².